The normalized spacial score (nSPS) is 15.7. The number of benzene rings is 1. The minimum Gasteiger partial charge on any atom is -0.497 e. The SMILES string of the molecule is COc1ccc(CN(C)C(=O)CCN2C(=O)NC(C)(C)C2=O)c(OC)c1. The monoisotopic (exact) mass is 363 g/mol. The summed E-state index contributed by atoms with van der Waals surface area (Å²) in [5.74, 6) is 0.795. The number of carbonyl (C=O) groups is 3. The van der Waals surface area contributed by atoms with Gasteiger partial charge in [0.2, 0.25) is 5.91 Å². The zero-order valence-electron chi connectivity index (χ0n) is 15.8. The highest BCUT2D eigenvalue weighted by molar-refractivity contribution is 6.06. The lowest BCUT2D eigenvalue weighted by Crippen LogP contribution is -2.40. The molecule has 1 aliphatic rings. The van der Waals surface area contributed by atoms with E-state index in [-0.39, 0.29) is 24.8 Å². The highest BCUT2D eigenvalue weighted by Crippen LogP contribution is 2.25. The van der Waals surface area contributed by atoms with Crippen molar-refractivity contribution < 1.29 is 23.9 Å². The van der Waals surface area contributed by atoms with E-state index >= 15 is 0 Å². The van der Waals surface area contributed by atoms with Gasteiger partial charge in [0.15, 0.2) is 0 Å². The highest BCUT2D eigenvalue weighted by Gasteiger charge is 2.44. The number of amides is 4. The first-order chi connectivity index (χ1) is 12.2. The van der Waals surface area contributed by atoms with Crippen LogP contribution in [0.4, 0.5) is 4.79 Å². The van der Waals surface area contributed by atoms with Crippen molar-refractivity contribution in [2.45, 2.75) is 32.4 Å². The number of imide groups is 1. The van der Waals surface area contributed by atoms with Gasteiger partial charge in [-0.1, -0.05) is 0 Å². The fourth-order valence-corrected chi connectivity index (χ4v) is 2.75. The second kappa shape index (κ2) is 7.63. The Balaban J connectivity index is 1.96. The van der Waals surface area contributed by atoms with Crippen LogP contribution in [0.2, 0.25) is 0 Å². The second-order valence-corrected chi connectivity index (χ2v) is 6.69. The van der Waals surface area contributed by atoms with Gasteiger partial charge in [0, 0.05) is 38.2 Å². The Morgan fingerprint density at radius 2 is 1.92 bits per heavy atom. The van der Waals surface area contributed by atoms with E-state index in [1.165, 1.54) is 4.90 Å². The molecule has 0 spiro atoms. The van der Waals surface area contributed by atoms with Crippen molar-refractivity contribution in [3.8, 4) is 11.5 Å². The summed E-state index contributed by atoms with van der Waals surface area (Å²) < 4.78 is 10.5. The van der Waals surface area contributed by atoms with Crippen LogP contribution in [0.1, 0.15) is 25.8 Å². The molecule has 0 aliphatic carbocycles. The largest absolute Gasteiger partial charge is 0.497 e. The van der Waals surface area contributed by atoms with Gasteiger partial charge >= 0.3 is 6.03 Å². The molecule has 0 aromatic heterocycles. The first kappa shape index (κ1) is 19.6. The molecule has 1 aliphatic heterocycles. The predicted octanol–water partition coefficient (Wildman–Crippen LogP) is 1.38. The lowest BCUT2D eigenvalue weighted by Gasteiger charge is -2.21. The van der Waals surface area contributed by atoms with Gasteiger partial charge in [-0.2, -0.15) is 0 Å². The summed E-state index contributed by atoms with van der Waals surface area (Å²) >= 11 is 0. The maximum atomic E-state index is 12.4. The lowest BCUT2D eigenvalue weighted by molar-refractivity contribution is -0.132. The van der Waals surface area contributed by atoms with Crippen LogP contribution in [-0.2, 0) is 16.1 Å². The molecule has 1 aromatic carbocycles. The summed E-state index contributed by atoms with van der Waals surface area (Å²) in [5, 5.41) is 2.60. The van der Waals surface area contributed by atoms with E-state index in [4.69, 9.17) is 9.47 Å². The molecule has 1 saturated heterocycles. The number of ether oxygens (including phenoxy) is 2. The van der Waals surface area contributed by atoms with Gasteiger partial charge in [0.05, 0.1) is 14.2 Å². The van der Waals surface area contributed by atoms with Crippen molar-refractivity contribution in [3.63, 3.8) is 0 Å². The van der Waals surface area contributed by atoms with Crippen LogP contribution in [0.25, 0.3) is 0 Å². The topological polar surface area (TPSA) is 88.2 Å². The van der Waals surface area contributed by atoms with E-state index in [0.29, 0.717) is 18.0 Å². The Morgan fingerprint density at radius 3 is 2.46 bits per heavy atom. The Labute approximate surface area is 153 Å². The molecule has 0 unspecified atom stereocenters. The number of nitrogens with zero attached hydrogens (tertiary/aromatic N) is 2. The van der Waals surface area contributed by atoms with Gasteiger partial charge in [-0.15, -0.1) is 0 Å². The third kappa shape index (κ3) is 4.07. The molecule has 2 rings (SSSR count). The zero-order valence-corrected chi connectivity index (χ0v) is 15.8. The first-order valence-corrected chi connectivity index (χ1v) is 8.28. The number of nitrogens with one attached hydrogen (secondary N) is 1. The number of methoxy groups -OCH3 is 2. The molecular weight excluding hydrogens is 338 g/mol. The fraction of sp³-hybridized carbons (Fsp3) is 0.500. The first-order valence-electron chi connectivity index (χ1n) is 8.28. The molecular formula is C18H25N3O5. The summed E-state index contributed by atoms with van der Waals surface area (Å²) in [6.07, 6.45) is 0.0597. The number of hydrogen-bond donors (Lipinski definition) is 1. The average molecular weight is 363 g/mol. The van der Waals surface area contributed by atoms with E-state index in [9.17, 15) is 14.4 Å². The van der Waals surface area contributed by atoms with E-state index in [0.717, 1.165) is 10.5 Å². The molecule has 0 saturated carbocycles. The Morgan fingerprint density at radius 1 is 1.23 bits per heavy atom. The molecule has 0 radical (unpaired) electrons. The molecule has 4 amide bonds. The zero-order chi connectivity index (χ0) is 19.5. The van der Waals surface area contributed by atoms with Crippen LogP contribution in [0.15, 0.2) is 18.2 Å². The van der Waals surface area contributed by atoms with Gasteiger partial charge in [0.1, 0.15) is 17.0 Å². The summed E-state index contributed by atoms with van der Waals surface area (Å²) in [4.78, 5) is 39.0. The van der Waals surface area contributed by atoms with Gasteiger partial charge in [-0.25, -0.2) is 4.79 Å². The van der Waals surface area contributed by atoms with Gasteiger partial charge in [0.25, 0.3) is 5.91 Å². The smallest absolute Gasteiger partial charge is 0.325 e. The summed E-state index contributed by atoms with van der Waals surface area (Å²) in [6, 6.07) is 4.92. The van der Waals surface area contributed by atoms with Gasteiger partial charge in [-0.3, -0.25) is 14.5 Å². The lowest BCUT2D eigenvalue weighted by atomic mass is 10.1. The van der Waals surface area contributed by atoms with Crippen molar-refractivity contribution >= 4 is 17.8 Å². The van der Waals surface area contributed by atoms with Crippen LogP contribution in [0.3, 0.4) is 0 Å². The minimum absolute atomic E-state index is 0.0526. The van der Waals surface area contributed by atoms with Crippen molar-refractivity contribution in [1.82, 2.24) is 15.1 Å². The minimum atomic E-state index is -0.928. The van der Waals surface area contributed by atoms with Crippen molar-refractivity contribution in [3.05, 3.63) is 23.8 Å². The van der Waals surface area contributed by atoms with E-state index in [1.54, 1.807) is 47.2 Å². The fourth-order valence-electron chi connectivity index (χ4n) is 2.75. The maximum Gasteiger partial charge on any atom is 0.325 e. The standard InChI is InChI=1S/C18H25N3O5/c1-18(2)16(23)21(17(24)19-18)9-8-15(22)20(3)11-12-6-7-13(25-4)10-14(12)26-5/h6-7,10H,8-9,11H2,1-5H3,(H,19,24). The van der Waals surface area contributed by atoms with E-state index < -0.39 is 11.6 Å². The second-order valence-electron chi connectivity index (χ2n) is 6.69. The number of carbonyl (C=O) groups excluding carboxylic acids is 3. The maximum absolute atomic E-state index is 12.4. The molecule has 1 fully saturated rings. The molecule has 0 bridgehead atoms. The summed E-state index contributed by atoms with van der Waals surface area (Å²) in [7, 11) is 4.79. The van der Waals surface area contributed by atoms with Crippen LogP contribution >= 0.6 is 0 Å². The van der Waals surface area contributed by atoms with Crippen molar-refractivity contribution in [1.29, 1.82) is 0 Å². The Bertz CT molecular complexity index is 717. The molecule has 142 valence electrons. The molecule has 8 nitrogen and oxygen atoms in total. The number of urea groups is 1. The van der Waals surface area contributed by atoms with Crippen LogP contribution < -0.4 is 14.8 Å². The Hall–Kier alpha value is -2.77. The summed E-state index contributed by atoms with van der Waals surface area (Å²) in [6.45, 7) is 3.67. The molecule has 1 heterocycles. The Kier molecular flexibility index (Phi) is 5.74. The van der Waals surface area contributed by atoms with Crippen LogP contribution in [0.5, 0.6) is 11.5 Å². The van der Waals surface area contributed by atoms with Crippen molar-refractivity contribution in [2.75, 3.05) is 27.8 Å². The van der Waals surface area contributed by atoms with E-state index in [2.05, 4.69) is 5.32 Å². The highest BCUT2D eigenvalue weighted by atomic mass is 16.5. The molecule has 26 heavy (non-hydrogen) atoms. The van der Waals surface area contributed by atoms with Crippen LogP contribution in [-0.4, -0.2) is 61.0 Å². The third-order valence-corrected chi connectivity index (χ3v) is 4.32. The number of hydrogen-bond acceptors (Lipinski definition) is 5. The molecule has 0 atom stereocenters. The average Bonchev–Trinajstić information content (AvgIpc) is 2.80. The predicted molar refractivity (Wildman–Crippen MR) is 95.0 cm³/mol. The molecule has 8 heteroatoms. The third-order valence-electron chi connectivity index (χ3n) is 4.32. The molecule has 1 aromatic rings. The van der Waals surface area contributed by atoms with Gasteiger partial charge in [-0.05, 0) is 26.0 Å². The van der Waals surface area contributed by atoms with Crippen molar-refractivity contribution in [2.24, 2.45) is 0 Å². The molecule has 1 N–H and O–H groups in total. The number of rotatable bonds is 7. The quantitative estimate of drug-likeness (QED) is 0.740. The van der Waals surface area contributed by atoms with E-state index in [1.807, 2.05) is 6.07 Å². The van der Waals surface area contributed by atoms with Crippen LogP contribution in [0, 0.1) is 0 Å². The van der Waals surface area contributed by atoms with Gasteiger partial charge < -0.3 is 19.7 Å². The summed E-state index contributed by atoms with van der Waals surface area (Å²) in [5.41, 5.74) is -0.0945.